The van der Waals surface area contributed by atoms with Gasteiger partial charge in [0.05, 0.1) is 0 Å². The number of hydrogen-bond acceptors (Lipinski definition) is 2. The minimum atomic E-state index is -0.372. The fourth-order valence-electron chi connectivity index (χ4n) is 1.91. The molecule has 78 valence electrons. The predicted molar refractivity (Wildman–Crippen MR) is 57.0 cm³/mol. The van der Waals surface area contributed by atoms with Gasteiger partial charge in [-0.2, -0.15) is 0 Å². The number of fused-ring (bicyclic) bond motifs is 1. The second kappa shape index (κ2) is 4.05. The summed E-state index contributed by atoms with van der Waals surface area (Å²) in [5, 5.41) is 11.7. The summed E-state index contributed by atoms with van der Waals surface area (Å²) in [5.41, 5.74) is 1.95. The molecule has 0 aliphatic heterocycles. The van der Waals surface area contributed by atoms with Crippen molar-refractivity contribution in [2.75, 3.05) is 0 Å². The van der Waals surface area contributed by atoms with Crippen LogP contribution < -0.4 is 0 Å². The SMILES string of the molecule is ON=C=C1CCCc2cc(Cl)cc(F)c21. The lowest BCUT2D eigenvalue weighted by Gasteiger charge is -2.17. The summed E-state index contributed by atoms with van der Waals surface area (Å²) < 4.78 is 13.6. The summed E-state index contributed by atoms with van der Waals surface area (Å²) in [7, 11) is 0. The average Bonchev–Trinajstić information content (AvgIpc) is 2.17. The van der Waals surface area contributed by atoms with Gasteiger partial charge in [0.1, 0.15) is 5.82 Å². The second-order valence-electron chi connectivity index (χ2n) is 3.47. The Kier molecular flexibility index (Phi) is 2.76. The van der Waals surface area contributed by atoms with Crippen molar-refractivity contribution < 1.29 is 9.60 Å². The fourth-order valence-corrected chi connectivity index (χ4v) is 2.14. The molecule has 15 heavy (non-hydrogen) atoms. The van der Waals surface area contributed by atoms with Gasteiger partial charge in [0, 0.05) is 22.0 Å². The van der Waals surface area contributed by atoms with Gasteiger partial charge in [0.25, 0.3) is 0 Å². The van der Waals surface area contributed by atoms with Crippen LogP contribution in [0.4, 0.5) is 4.39 Å². The molecule has 1 aliphatic rings. The Morgan fingerprint density at radius 1 is 1.40 bits per heavy atom. The lowest BCUT2D eigenvalue weighted by Crippen LogP contribution is -2.05. The Morgan fingerprint density at radius 3 is 2.93 bits per heavy atom. The highest BCUT2D eigenvalue weighted by atomic mass is 35.5. The molecule has 1 aromatic rings. The molecule has 0 bridgehead atoms. The number of hydrogen-bond donors (Lipinski definition) is 1. The lowest BCUT2D eigenvalue weighted by molar-refractivity contribution is 0.323. The molecule has 0 radical (unpaired) electrons. The molecule has 0 saturated heterocycles. The van der Waals surface area contributed by atoms with Crippen LogP contribution in [0.1, 0.15) is 24.0 Å². The summed E-state index contributed by atoms with van der Waals surface area (Å²) in [6, 6.07) is 3.02. The Hall–Kier alpha value is -1.31. The van der Waals surface area contributed by atoms with E-state index in [1.54, 1.807) is 6.07 Å². The van der Waals surface area contributed by atoms with Crippen LogP contribution in [0, 0.1) is 5.82 Å². The number of rotatable bonds is 0. The van der Waals surface area contributed by atoms with Crippen LogP contribution in [0.5, 0.6) is 0 Å². The van der Waals surface area contributed by atoms with Crippen LogP contribution in [0.2, 0.25) is 5.02 Å². The van der Waals surface area contributed by atoms with Crippen LogP contribution in [0.15, 0.2) is 17.3 Å². The standard InChI is InChI=1S/C11H9ClFNO/c12-9-4-7-2-1-3-8(6-14-15)11(7)10(13)5-9/h4-5,15H,1-3H2. The molecule has 1 aromatic carbocycles. The second-order valence-corrected chi connectivity index (χ2v) is 3.90. The largest absolute Gasteiger partial charge is 0.404 e. The van der Waals surface area contributed by atoms with Gasteiger partial charge in [-0.25, -0.2) is 4.39 Å². The Bertz CT molecular complexity index is 464. The third-order valence-corrected chi connectivity index (χ3v) is 2.71. The monoisotopic (exact) mass is 225 g/mol. The van der Waals surface area contributed by atoms with Gasteiger partial charge < -0.3 is 5.21 Å². The minimum Gasteiger partial charge on any atom is -0.404 e. The van der Waals surface area contributed by atoms with Crippen molar-refractivity contribution in [2.45, 2.75) is 19.3 Å². The molecule has 2 rings (SSSR count). The van der Waals surface area contributed by atoms with E-state index >= 15 is 0 Å². The summed E-state index contributed by atoms with van der Waals surface area (Å²) in [5.74, 6) is 2.04. The molecule has 0 fully saturated rings. The summed E-state index contributed by atoms with van der Waals surface area (Å²) >= 11 is 5.76. The number of aryl methyl sites for hydroxylation is 1. The molecule has 0 heterocycles. The van der Waals surface area contributed by atoms with E-state index in [0.717, 1.165) is 18.4 Å². The topological polar surface area (TPSA) is 32.6 Å². The molecule has 1 aliphatic carbocycles. The molecule has 0 atom stereocenters. The van der Waals surface area contributed by atoms with Crippen LogP contribution in [-0.2, 0) is 6.42 Å². The normalized spacial score (nSPS) is 14.4. The first-order valence-electron chi connectivity index (χ1n) is 4.66. The van der Waals surface area contributed by atoms with Crippen molar-refractivity contribution in [1.29, 1.82) is 0 Å². The van der Waals surface area contributed by atoms with E-state index < -0.39 is 0 Å². The Morgan fingerprint density at radius 2 is 2.20 bits per heavy atom. The highest BCUT2D eigenvalue weighted by Gasteiger charge is 2.19. The molecule has 0 amide bonds. The number of allylic oxidation sites excluding steroid dienone is 1. The molecular weight excluding hydrogens is 217 g/mol. The van der Waals surface area contributed by atoms with E-state index in [0.29, 0.717) is 22.6 Å². The summed E-state index contributed by atoms with van der Waals surface area (Å²) in [6.07, 6.45) is 2.36. The highest BCUT2D eigenvalue weighted by molar-refractivity contribution is 6.30. The van der Waals surface area contributed by atoms with Crippen LogP contribution in [-0.4, -0.2) is 11.1 Å². The summed E-state index contributed by atoms with van der Waals surface area (Å²) in [6.45, 7) is 0. The average molecular weight is 226 g/mol. The molecule has 0 spiro atoms. The van der Waals surface area contributed by atoms with Gasteiger partial charge in [-0.1, -0.05) is 11.6 Å². The quantitative estimate of drug-likeness (QED) is 0.410. The van der Waals surface area contributed by atoms with Crippen LogP contribution >= 0.6 is 11.6 Å². The first kappa shape index (κ1) is 10.2. The maximum absolute atomic E-state index is 13.6. The zero-order chi connectivity index (χ0) is 10.8. The van der Waals surface area contributed by atoms with Crippen molar-refractivity contribution in [2.24, 2.45) is 5.16 Å². The van der Waals surface area contributed by atoms with Crippen molar-refractivity contribution in [3.05, 3.63) is 34.1 Å². The van der Waals surface area contributed by atoms with Crippen molar-refractivity contribution in [3.8, 4) is 0 Å². The van der Waals surface area contributed by atoms with Gasteiger partial charge in [-0.15, -0.1) is 0 Å². The molecule has 0 saturated carbocycles. The van der Waals surface area contributed by atoms with Crippen molar-refractivity contribution in [3.63, 3.8) is 0 Å². The molecule has 0 aromatic heterocycles. The van der Waals surface area contributed by atoms with Gasteiger partial charge >= 0.3 is 0 Å². The smallest absolute Gasteiger partial charge is 0.133 e. The van der Waals surface area contributed by atoms with E-state index in [2.05, 4.69) is 11.0 Å². The first-order valence-corrected chi connectivity index (χ1v) is 5.04. The molecule has 4 heteroatoms. The summed E-state index contributed by atoms with van der Waals surface area (Å²) in [4.78, 5) is 0. The minimum absolute atomic E-state index is 0.372. The fraction of sp³-hybridized carbons (Fsp3) is 0.273. The molecular formula is C11H9ClFNO. The maximum Gasteiger partial charge on any atom is 0.133 e. The van der Waals surface area contributed by atoms with Gasteiger partial charge in [-0.3, -0.25) is 0 Å². The maximum atomic E-state index is 13.6. The van der Waals surface area contributed by atoms with Crippen LogP contribution in [0.3, 0.4) is 0 Å². The van der Waals surface area contributed by atoms with E-state index in [9.17, 15) is 4.39 Å². The van der Waals surface area contributed by atoms with E-state index in [1.807, 2.05) is 0 Å². The lowest BCUT2D eigenvalue weighted by atomic mass is 9.88. The number of benzene rings is 1. The van der Waals surface area contributed by atoms with Crippen molar-refractivity contribution in [1.82, 2.24) is 0 Å². The number of halogens is 2. The Balaban J connectivity index is 2.66. The zero-order valence-electron chi connectivity index (χ0n) is 7.93. The van der Waals surface area contributed by atoms with Crippen LogP contribution in [0.25, 0.3) is 5.57 Å². The van der Waals surface area contributed by atoms with Gasteiger partial charge in [-0.05, 0) is 42.1 Å². The molecule has 1 N–H and O–H groups in total. The third kappa shape index (κ3) is 1.89. The van der Waals surface area contributed by atoms with E-state index in [-0.39, 0.29) is 5.82 Å². The predicted octanol–water partition coefficient (Wildman–Crippen LogP) is 3.26. The Labute approximate surface area is 91.7 Å². The highest BCUT2D eigenvalue weighted by Crippen LogP contribution is 2.33. The van der Waals surface area contributed by atoms with E-state index in [4.69, 9.17) is 16.8 Å². The zero-order valence-corrected chi connectivity index (χ0v) is 8.68. The number of nitrogens with zero attached hydrogens (tertiary/aromatic N) is 1. The molecule has 0 unspecified atom stereocenters. The van der Waals surface area contributed by atoms with Crippen molar-refractivity contribution >= 4 is 23.0 Å². The van der Waals surface area contributed by atoms with Gasteiger partial charge in [0.15, 0.2) is 0 Å². The molecule has 2 nitrogen and oxygen atoms in total. The first-order chi connectivity index (χ1) is 7.22. The third-order valence-electron chi connectivity index (χ3n) is 2.50. The van der Waals surface area contributed by atoms with Gasteiger partial charge in [0.2, 0.25) is 0 Å². The van der Waals surface area contributed by atoms with E-state index in [1.165, 1.54) is 6.07 Å².